The van der Waals surface area contributed by atoms with Crippen molar-refractivity contribution in [2.45, 2.75) is 11.8 Å². The molecule has 7 heteroatoms. The molecule has 0 fully saturated rings. The van der Waals surface area contributed by atoms with E-state index in [-0.39, 0.29) is 10.7 Å². The summed E-state index contributed by atoms with van der Waals surface area (Å²) in [6.45, 7) is 1.85. The highest BCUT2D eigenvalue weighted by Crippen LogP contribution is 2.27. The van der Waals surface area contributed by atoms with E-state index in [0.717, 1.165) is 5.56 Å². The molecule has 0 atom stereocenters. The zero-order chi connectivity index (χ0) is 14.8. The number of hydrogen-bond donors (Lipinski definition) is 2. The van der Waals surface area contributed by atoms with Crippen LogP contribution in [0.1, 0.15) is 5.56 Å². The molecule has 0 amide bonds. The molecule has 106 valence electrons. The number of nitrogens with two attached hydrogens (primary N) is 1. The second-order valence-corrected chi connectivity index (χ2v) is 6.19. The molecule has 20 heavy (non-hydrogen) atoms. The maximum Gasteiger partial charge on any atom is 0.267 e. The zero-order valence-electron chi connectivity index (χ0n) is 11.2. The molecule has 1 heterocycles. The molecule has 1 aromatic heterocycles. The molecule has 3 N–H and O–H groups in total. The minimum absolute atomic E-state index is 0.0354. The molecular weight excluding hydrogens is 276 g/mol. The number of hydrazine groups is 1. The van der Waals surface area contributed by atoms with Crippen molar-refractivity contribution < 1.29 is 8.42 Å². The highest BCUT2D eigenvalue weighted by atomic mass is 32.2. The fourth-order valence-corrected chi connectivity index (χ4v) is 3.27. The predicted molar refractivity (Wildman–Crippen MR) is 78.8 cm³/mol. The van der Waals surface area contributed by atoms with Gasteiger partial charge in [-0.3, -0.25) is 4.31 Å². The Morgan fingerprint density at radius 1 is 1.20 bits per heavy atom. The van der Waals surface area contributed by atoms with Crippen LogP contribution in [0.2, 0.25) is 0 Å². The largest absolute Gasteiger partial charge is 0.307 e. The van der Waals surface area contributed by atoms with Gasteiger partial charge in [-0.2, -0.15) is 0 Å². The van der Waals surface area contributed by atoms with Crippen LogP contribution in [0.4, 0.5) is 11.5 Å². The lowest BCUT2D eigenvalue weighted by molar-refractivity contribution is 0.594. The summed E-state index contributed by atoms with van der Waals surface area (Å²) in [5, 5.41) is 0. The summed E-state index contributed by atoms with van der Waals surface area (Å²) in [6, 6.07) is 10.3. The van der Waals surface area contributed by atoms with Crippen LogP contribution < -0.4 is 15.6 Å². The summed E-state index contributed by atoms with van der Waals surface area (Å²) in [5.74, 6) is 5.44. The minimum atomic E-state index is -3.73. The molecule has 2 rings (SSSR count). The number of nitrogens with zero attached hydrogens (tertiary/aromatic N) is 2. The summed E-state index contributed by atoms with van der Waals surface area (Å²) in [6.07, 6.45) is 1.47. The molecule has 6 nitrogen and oxygen atoms in total. The third kappa shape index (κ3) is 2.45. The molecule has 0 saturated heterocycles. The van der Waals surface area contributed by atoms with E-state index in [2.05, 4.69) is 10.4 Å². The summed E-state index contributed by atoms with van der Waals surface area (Å²) in [4.78, 5) is 3.96. The van der Waals surface area contributed by atoms with Gasteiger partial charge < -0.3 is 5.43 Å². The van der Waals surface area contributed by atoms with Crippen LogP contribution in [-0.2, 0) is 10.0 Å². The molecule has 0 aliphatic carbocycles. The van der Waals surface area contributed by atoms with Crippen molar-refractivity contribution >= 4 is 21.5 Å². The summed E-state index contributed by atoms with van der Waals surface area (Å²) in [5.41, 5.74) is 3.78. The number of sulfonamides is 1. The van der Waals surface area contributed by atoms with Crippen LogP contribution >= 0.6 is 0 Å². The van der Waals surface area contributed by atoms with Crippen LogP contribution in [0.3, 0.4) is 0 Å². The Bertz CT molecular complexity index is 716. The van der Waals surface area contributed by atoms with E-state index in [1.54, 1.807) is 18.2 Å². The van der Waals surface area contributed by atoms with E-state index >= 15 is 0 Å². The van der Waals surface area contributed by atoms with Gasteiger partial charge in [0.1, 0.15) is 4.90 Å². The number of nitrogen functional groups attached to an aromatic ring is 1. The van der Waals surface area contributed by atoms with E-state index in [4.69, 9.17) is 5.84 Å². The third-order valence-corrected chi connectivity index (χ3v) is 4.80. The quantitative estimate of drug-likeness (QED) is 0.658. The Morgan fingerprint density at radius 3 is 2.55 bits per heavy atom. The molecule has 0 unspecified atom stereocenters. The number of nitrogens with one attached hydrogen (secondary N) is 1. The minimum Gasteiger partial charge on any atom is -0.307 e. The first kappa shape index (κ1) is 14.3. The van der Waals surface area contributed by atoms with Crippen LogP contribution in [-0.4, -0.2) is 20.4 Å². The second-order valence-electron chi connectivity index (χ2n) is 4.25. The van der Waals surface area contributed by atoms with Crippen molar-refractivity contribution in [2.24, 2.45) is 5.84 Å². The molecular formula is C13H16N4O2S. The second kappa shape index (κ2) is 5.48. The van der Waals surface area contributed by atoms with Crippen molar-refractivity contribution in [1.29, 1.82) is 0 Å². The number of anilines is 2. The Hall–Kier alpha value is -2.12. The van der Waals surface area contributed by atoms with Gasteiger partial charge in [0.25, 0.3) is 10.0 Å². The average molecular weight is 292 g/mol. The Balaban J connectivity index is 2.53. The first-order valence-electron chi connectivity index (χ1n) is 5.94. The highest BCUT2D eigenvalue weighted by Gasteiger charge is 2.25. The first-order valence-corrected chi connectivity index (χ1v) is 7.38. The van der Waals surface area contributed by atoms with Gasteiger partial charge in [0.15, 0.2) is 5.82 Å². The number of aryl methyl sites for hydroxylation is 1. The number of para-hydroxylation sites is 1. The monoisotopic (exact) mass is 292 g/mol. The lowest BCUT2D eigenvalue weighted by Crippen LogP contribution is -2.28. The lowest BCUT2D eigenvalue weighted by Gasteiger charge is -2.22. The van der Waals surface area contributed by atoms with Crippen molar-refractivity contribution in [3.8, 4) is 0 Å². The van der Waals surface area contributed by atoms with Gasteiger partial charge in [-0.1, -0.05) is 18.2 Å². The fourth-order valence-electron chi connectivity index (χ4n) is 1.90. The number of aromatic nitrogens is 1. The van der Waals surface area contributed by atoms with Crippen molar-refractivity contribution in [2.75, 3.05) is 16.8 Å². The number of benzene rings is 1. The third-order valence-electron chi connectivity index (χ3n) is 3.00. The molecule has 0 aliphatic rings. The van der Waals surface area contributed by atoms with Gasteiger partial charge in [-0.05, 0) is 30.7 Å². The van der Waals surface area contributed by atoms with Crippen LogP contribution in [0.5, 0.6) is 0 Å². The zero-order valence-corrected chi connectivity index (χ0v) is 12.1. The van der Waals surface area contributed by atoms with E-state index in [1.807, 2.05) is 19.1 Å². The summed E-state index contributed by atoms with van der Waals surface area (Å²) in [7, 11) is -2.22. The standard InChI is InChI=1S/C13H16N4O2S/c1-10-6-3-4-7-11(10)17(2)20(18,19)12-8-5-9-15-13(12)16-14/h3-9H,14H2,1-2H3,(H,15,16). The van der Waals surface area contributed by atoms with Gasteiger partial charge in [-0.25, -0.2) is 19.2 Å². The number of rotatable bonds is 4. The van der Waals surface area contributed by atoms with Gasteiger partial charge in [-0.15, -0.1) is 0 Å². The van der Waals surface area contributed by atoms with E-state index in [0.29, 0.717) is 5.69 Å². The fraction of sp³-hybridized carbons (Fsp3) is 0.154. The Morgan fingerprint density at radius 2 is 1.90 bits per heavy atom. The van der Waals surface area contributed by atoms with Crippen LogP contribution in [0.15, 0.2) is 47.5 Å². The maximum atomic E-state index is 12.7. The van der Waals surface area contributed by atoms with Gasteiger partial charge in [0.2, 0.25) is 0 Å². The molecule has 2 aromatic rings. The molecule has 0 saturated carbocycles. The van der Waals surface area contributed by atoms with E-state index in [1.165, 1.54) is 23.6 Å². The predicted octanol–water partition coefficient (Wildman–Crippen LogP) is 1.50. The normalized spacial score (nSPS) is 11.2. The van der Waals surface area contributed by atoms with Crippen molar-refractivity contribution in [1.82, 2.24) is 4.98 Å². The molecule has 0 aliphatic heterocycles. The molecule has 0 spiro atoms. The van der Waals surface area contributed by atoms with E-state index in [9.17, 15) is 8.42 Å². The van der Waals surface area contributed by atoms with Crippen molar-refractivity contribution in [3.05, 3.63) is 48.2 Å². The first-order chi connectivity index (χ1) is 9.48. The average Bonchev–Trinajstić information content (AvgIpc) is 2.47. The van der Waals surface area contributed by atoms with Gasteiger partial charge >= 0.3 is 0 Å². The number of hydrogen-bond acceptors (Lipinski definition) is 5. The highest BCUT2D eigenvalue weighted by molar-refractivity contribution is 7.93. The smallest absolute Gasteiger partial charge is 0.267 e. The Kier molecular flexibility index (Phi) is 3.91. The molecule has 0 bridgehead atoms. The van der Waals surface area contributed by atoms with Gasteiger partial charge in [0.05, 0.1) is 5.69 Å². The summed E-state index contributed by atoms with van der Waals surface area (Å²) >= 11 is 0. The topological polar surface area (TPSA) is 88.3 Å². The maximum absolute atomic E-state index is 12.7. The van der Waals surface area contributed by atoms with Crippen LogP contribution in [0.25, 0.3) is 0 Å². The molecule has 0 radical (unpaired) electrons. The lowest BCUT2D eigenvalue weighted by atomic mass is 10.2. The van der Waals surface area contributed by atoms with Gasteiger partial charge in [0, 0.05) is 13.2 Å². The SMILES string of the molecule is Cc1ccccc1N(C)S(=O)(=O)c1cccnc1NN. The molecule has 1 aromatic carbocycles. The van der Waals surface area contributed by atoms with Crippen LogP contribution in [0, 0.1) is 6.92 Å². The Labute approximate surface area is 118 Å². The van der Waals surface area contributed by atoms with E-state index < -0.39 is 10.0 Å². The number of pyridine rings is 1. The van der Waals surface area contributed by atoms with Crippen molar-refractivity contribution in [3.63, 3.8) is 0 Å². The summed E-state index contributed by atoms with van der Waals surface area (Å²) < 4.78 is 26.5.